The normalized spacial score (nSPS) is 10.1. The van der Waals surface area contributed by atoms with Crippen LogP contribution in [0, 0.1) is 0 Å². The number of hydrogen-bond donors (Lipinski definition) is 2. The van der Waals surface area contributed by atoms with Crippen molar-refractivity contribution in [1.82, 2.24) is 5.32 Å². The molecule has 0 aliphatic heterocycles. The molecular formula is C22H20N2O3. The van der Waals surface area contributed by atoms with Crippen LogP contribution in [0.25, 0.3) is 11.1 Å². The molecule has 136 valence electrons. The van der Waals surface area contributed by atoms with Crippen molar-refractivity contribution in [2.75, 3.05) is 12.4 Å². The maximum atomic E-state index is 12.1. The Kier molecular flexibility index (Phi) is 5.84. The molecule has 3 aromatic carbocycles. The monoisotopic (exact) mass is 360 g/mol. The van der Waals surface area contributed by atoms with Gasteiger partial charge in [0.1, 0.15) is 0 Å². The SMILES string of the molecule is COC(=O)c1ccc(CNC(=O)Nc2ccc(-c3ccccc3)cc2)cc1. The topological polar surface area (TPSA) is 67.4 Å². The molecule has 5 nitrogen and oxygen atoms in total. The van der Waals surface area contributed by atoms with E-state index in [1.807, 2.05) is 54.6 Å². The van der Waals surface area contributed by atoms with Gasteiger partial charge in [0.2, 0.25) is 0 Å². The fourth-order valence-corrected chi connectivity index (χ4v) is 2.61. The van der Waals surface area contributed by atoms with E-state index in [1.165, 1.54) is 7.11 Å². The highest BCUT2D eigenvalue weighted by Gasteiger charge is 2.06. The van der Waals surface area contributed by atoms with E-state index in [-0.39, 0.29) is 12.0 Å². The van der Waals surface area contributed by atoms with Crippen molar-refractivity contribution in [3.05, 3.63) is 90.0 Å². The molecule has 27 heavy (non-hydrogen) atoms. The second-order valence-electron chi connectivity index (χ2n) is 5.94. The molecule has 2 N–H and O–H groups in total. The zero-order chi connectivity index (χ0) is 19.1. The molecule has 0 saturated carbocycles. The van der Waals surface area contributed by atoms with E-state index in [1.54, 1.807) is 24.3 Å². The zero-order valence-electron chi connectivity index (χ0n) is 14.9. The van der Waals surface area contributed by atoms with Crippen LogP contribution in [0.1, 0.15) is 15.9 Å². The Bertz CT molecular complexity index is 905. The van der Waals surface area contributed by atoms with Crippen LogP contribution in [-0.4, -0.2) is 19.1 Å². The first-order chi connectivity index (χ1) is 13.2. The van der Waals surface area contributed by atoms with E-state index in [4.69, 9.17) is 0 Å². The van der Waals surface area contributed by atoms with Crippen LogP contribution in [0.4, 0.5) is 10.5 Å². The molecule has 3 aromatic rings. The Labute approximate surface area is 158 Å². The Morgan fingerprint density at radius 1 is 0.815 bits per heavy atom. The van der Waals surface area contributed by atoms with E-state index >= 15 is 0 Å². The number of urea groups is 1. The largest absolute Gasteiger partial charge is 0.465 e. The molecule has 0 radical (unpaired) electrons. The molecule has 0 heterocycles. The van der Waals surface area contributed by atoms with Crippen LogP contribution in [-0.2, 0) is 11.3 Å². The maximum absolute atomic E-state index is 12.1. The van der Waals surface area contributed by atoms with Gasteiger partial charge >= 0.3 is 12.0 Å². The molecule has 0 aromatic heterocycles. The zero-order valence-corrected chi connectivity index (χ0v) is 14.9. The first kappa shape index (κ1) is 18.2. The van der Waals surface area contributed by atoms with E-state index in [0.29, 0.717) is 17.8 Å². The summed E-state index contributed by atoms with van der Waals surface area (Å²) in [5.74, 6) is -0.383. The molecule has 0 saturated heterocycles. The lowest BCUT2D eigenvalue weighted by Crippen LogP contribution is -2.28. The lowest BCUT2D eigenvalue weighted by molar-refractivity contribution is 0.0600. The third kappa shape index (κ3) is 4.95. The predicted molar refractivity (Wildman–Crippen MR) is 106 cm³/mol. The van der Waals surface area contributed by atoms with E-state index in [2.05, 4.69) is 15.4 Å². The molecule has 0 aliphatic carbocycles. The standard InChI is InChI=1S/C22H20N2O3/c1-27-21(25)19-9-7-16(8-10-19)15-23-22(26)24-20-13-11-18(12-14-20)17-5-3-2-4-6-17/h2-14H,15H2,1H3,(H2,23,24,26). The minimum atomic E-state index is -0.383. The van der Waals surface area contributed by atoms with E-state index in [0.717, 1.165) is 16.7 Å². The average molecular weight is 360 g/mol. The second-order valence-corrected chi connectivity index (χ2v) is 5.94. The van der Waals surface area contributed by atoms with Crippen LogP contribution < -0.4 is 10.6 Å². The number of amides is 2. The highest BCUT2D eigenvalue weighted by Crippen LogP contribution is 2.20. The number of carbonyl (C=O) groups is 2. The van der Waals surface area contributed by atoms with Crippen LogP contribution in [0.2, 0.25) is 0 Å². The number of carbonyl (C=O) groups excluding carboxylic acids is 2. The van der Waals surface area contributed by atoms with Crippen LogP contribution in [0.15, 0.2) is 78.9 Å². The number of ether oxygens (including phenoxy) is 1. The molecule has 0 unspecified atom stereocenters. The van der Waals surface area contributed by atoms with Gasteiger partial charge in [-0.3, -0.25) is 0 Å². The molecule has 0 aliphatic rings. The van der Waals surface area contributed by atoms with Crippen molar-refractivity contribution in [3.63, 3.8) is 0 Å². The molecule has 0 atom stereocenters. The number of anilines is 1. The third-order valence-corrected chi connectivity index (χ3v) is 4.08. The fourth-order valence-electron chi connectivity index (χ4n) is 2.61. The molecule has 2 amide bonds. The van der Waals surface area contributed by atoms with Gasteiger partial charge in [0, 0.05) is 12.2 Å². The molecule has 3 rings (SSSR count). The number of benzene rings is 3. The maximum Gasteiger partial charge on any atom is 0.337 e. The van der Waals surface area contributed by atoms with Gasteiger partial charge in [-0.1, -0.05) is 54.6 Å². The summed E-state index contributed by atoms with van der Waals surface area (Å²) in [6, 6.07) is 24.3. The highest BCUT2D eigenvalue weighted by molar-refractivity contribution is 5.90. The van der Waals surface area contributed by atoms with Crippen LogP contribution >= 0.6 is 0 Å². The lowest BCUT2D eigenvalue weighted by atomic mass is 10.1. The van der Waals surface area contributed by atoms with Crippen LogP contribution in [0.3, 0.4) is 0 Å². The van der Waals surface area contributed by atoms with Crippen molar-refractivity contribution < 1.29 is 14.3 Å². The molecule has 0 spiro atoms. The number of nitrogens with one attached hydrogen (secondary N) is 2. The molecule has 5 heteroatoms. The number of esters is 1. The number of hydrogen-bond acceptors (Lipinski definition) is 3. The minimum Gasteiger partial charge on any atom is -0.465 e. The molecule has 0 fully saturated rings. The Morgan fingerprint density at radius 2 is 1.44 bits per heavy atom. The second kappa shape index (κ2) is 8.67. The van der Waals surface area contributed by atoms with E-state index < -0.39 is 0 Å². The van der Waals surface area contributed by atoms with Gasteiger partial charge in [0.25, 0.3) is 0 Å². The van der Waals surface area contributed by atoms with Crippen molar-refractivity contribution >= 4 is 17.7 Å². The Hall–Kier alpha value is -3.60. The third-order valence-electron chi connectivity index (χ3n) is 4.08. The van der Waals surface area contributed by atoms with Gasteiger partial charge in [-0.15, -0.1) is 0 Å². The molecular weight excluding hydrogens is 340 g/mol. The fraction of sp³-hybridized carbons (Fsp3) is 0.0909. The summed E-state index contributed by atoms with van der Waals surface area (Å²) in [5, 5.41) is 5.60. The van der Waals surface area contributed by atoms with Gasteiger partial charge in [0.15, 0.2) is 0 Å². The van der Waals surface area contributed by atoms with Gasteiger partial charge in [-0.05, 0) is 41.0 Å². The first-order valence-electron chi connectivity index (χ1n) is 8.53. The lowest BCUT2D eigenvalue weighted by Gasteiger charge is -2.09. The van der Waals surface area contributed by atoms with Gasteiger partial charge < -0.3 is 15.4 Å². The van der Waals surface area contributed by atoms with Gasteiger partial charge in [-0.2, -0.15) is 0 Å². The summed E-state index contributed by atoms with van der Waals surface area (Å²) in [6.45, 7) is 0.357. The smallest absolute Gasteiger partial charge is 0.337 e. The minimum absolute atomic E-state index is 0.292. The number of rotatable bonds is 5. The summed E-state index contributed by atoms with van der Waals surface area (Å²) in [4.78, 5) is 23.5. The van der Waals surface area contributed by atoms with Gasteiger partial charge in [-0.25, -0.2) is 9.59 Å². The summed E-state index contributed by atoms with van der Waals surface area (Å²) in [6.07, 6.45) is 0. The summed E-state index contributed by atoms with van der Waals surface area (Å²) in [5.41, 5.74) is 4.30. The highest BCUT2D eigenvalue weighted by atomic mass is 16.5. The summed E-state index contributed by atoms with van der Waals surface area (Å²) >= 11 is 0. The van der Waals surface area contributed by atoms with Crippen molar-refractivity contribution in [1.29, 1.82) is 0 Å². The van der Waals surface area contributed by atoms with Crippen molar-refractivity contribution in [2.45, 2.75) is 6.54 Å². The Morgan fingerprint density at radius 3 is 2.07 bits per heavy atom. The van der Waals surface area contributed by atoms with E-state index in [9.17, 15) is 9.59 Å². The Balaban J connectivity index is 1.52. The average Bonchev–Trinajstić information content (AvgIpc) is 2.73. The van der Waals surface area contributed by atoms with Crippen molar-refractivity contribution in [3.8, 4) is 11.1 Å². The predicted octanol–water partition coefficient (Wildman–Crippen LogP) is 4.46. The van der Waals surface area contributed by atoms with Gasteiger partial charge in [0.05, 0.1) is 12.7 Å². The molecule has 0 bridgehead atoms. The first-order valence-corrected chi connectivity index (χ1v) is 8.53. The van der Waals surface area contributed by atoms with Crippen LogP contribution in [0.5, 0.6) is 0 Å². The van der Waals surface area contributed by atoms with Crippen molar-refractivity contribution in [2.24, 2.45) is 0 Å². The summed E-state index contributed by atoms with van der Waals surface area (Å²) in [7, 11) is 1.34. The summed E-state index contributed by atoms with van der Waals surface area (Å²) < 4.78 is 4.66. The number of methoxy groups -OCH3 is 1. The quantitative estimate of drug-likeness (QED) is 0.660.